The van der Waals surface area contributed by atoms with E-state index in [1.165, 1.54) is 0 Å². The average molecular weight is 356 g/mol. The largest absolute Gasteiger partial charge is 0.444 e. The zero-order valence-corrected chi connectivity index (χ0v) is 13.8. The summed E-state index contributed by atoms with van der Waals surface area (Å²) in [5.74, 6) is 0.320. The second-order valence-electron chi connectivity index (χ2n) is 5.98. The third-order valence-electron chi connectivity index (χ3n) is 3.18. The summed E-state index contributed by atoms with van der Waals surface area (Å²) < 4.78 is 7.38. The Morgan fingerprint density at radius 2 is 2.24 bits per heavy atom. The van der Waals surface area contributed by atoms with Gasteiger partial charge in [0.1, 0.15) is 27.7 Å². The van der Waals surface area contributed by atoms with Gasteiger partial charge in [-0.15, -0.1) is 0 Å². The Hall–Kier alpha value is -1.75. The fourth-order valence-corrected chi connectivity index (χ4v) is 2.70. The number of aromatic nitrogens is 2. The van der Waals surface area contributed by atoms with Crippen LogP contribution in [0.3, 0.4) is 0 Å². The van der Waals surface area contributed by atoms with Crippen LogP contribution in [-0.2, 0) is 4.74 Å². The minimum atomic E-state index is -0.517. The van der Waals surface area contributed by atoms with Gasteiger partial charge in [0.25, 0.3) is 0 Å². The Morgan fingerprint density at radius 3 is 2.76 bits per heavy atom. The van der Waals surface area contributed by atoms with Crippen molar-refractivity contribution >= 4 is 27.8 Å². The van der Waals surface area contributed by atoms with Gasteiger partial charge in [-0.3, -0.25) is 0 Å². The third kappa shape index (κ3) is 3.29. The van der Waals surface area contributed by atoms with E-state index < -0.39 is 5.60 Å². The quantitative estimate of drug-likeness (QED) is 0.833. The Morgan fingerprint density at radius 1 is 1.57 bits per heavy atom. The monoisotopic (exact) mass is 355 g/mol. The molecule has 1 aromatic rings. The van der Waals surface area contributed by atoms with Crippen LogP contribution in [0, 0.1) is 11.3 Å². The molecule has 1 atom stereocenters. The zero-order chi connectivity index (χ0) is 15.8. The van der Waals surface area contributed by atoms with Gasteiger partial charge in [-0.2, -0.15) is 10.4 Å². The van der Waals surface area contributed by atoms with Crippen LogP contribution in [0.2, 0.25) is 0 Å². The van der Waals surface area contributed by atoms with E-state index in [1.807, 2.05) is 26.8 Å². The smallest absolute Gasteiger partial charge is 0.410 e. The number of anilines is 1. The molecule has 114 valence electrons. The molecule has 2 N–H and O–H groups in total. The standard InChI is InChI=1S/C13H18BrN5O2/c1-13(2,3)21-12(20)18-5-4-8(7-18)19-11(16)9(6-15)10(14)17-19/h8H,4-5,7,16H2,1-3H3/t8-/m0/s1. The molecule has 2 rings (SSSR count). The van der Waals surface area contributed by atoms with Crippen molar-refractivity contribution in [1.29, 1.82) is 5.26 Å². The number of hydrogen-bond donors (Lipinski definition) is 1. The first-order chi connectivity index (χ1) is 9.73. The molecule has 0 unspecified atom stereocenters. The number of nitrogens with zero attached hydrogens (tertiary/aromatic N) is 4. The van der Waals surface area contributed by atoms with Gasteiger partial charge >= 0.3 is 6.09 Å². The summed E-state index contributed by atoms with van der Waals surface area (Å²) in [5.41, 5.74) is 5.74. The van der Waals surface area contributed by atoms with Gasteiger partial charge < -0.3 is 15.4 Å². The SMILES string of the molecule is CC(C)(C)OC(=O)N1CC[C@H](n2nc(Br)c(C#N)c2N)C1. The Balaban J connectivity index is 2.10. The number of carbonyl (C=O) groups excluding carboxylic acids is 1. The van der Waals surface area contributed by atoms with Crippen LogP contribution in [-0.4, -0.2) is 39.5 Å². The highest BCUT2D eigenvalue weighted by Gasteiger charge is 2.32. The number of nitrogens with two attached hydrogens (primary N) is 1. The molecule has 0 saturated carbocycles. The first-order valence-corrected chi connectivity index (χ1v) is 7.43. The van der Waals surface area contributed by atoms with E-state index in [4.69, 9.17) is 15.7 Å². The summed E-state index contributed by atoms with van der Waals surface area (Å²) in [6.45, 7) is 6.55. The molecule has 1 aliphatic rings. The minimum Gasteiger partial charge on any atom is -0.444 e. The Labute approximate surface area is 131 Å². The first kappa shape index (κ1) is 15.6. The number of rotatable bonds is 1. The van der Waals surface area contributed by atoms with Gasteiger partial charge in [-0.05, 0) is 43.1 Å². The maximum Gasteiger partial charge on any atom is 0.410 e. The highest BCUT2D eigenvalue weighted by molar-refractivity contribution is 9.10. The normalized spacial score (nSPS) is 18.6. The molecule has 8 heteroatoms. The number of hydrogen-bond acceptors (Lipinski definition) is 5. The number of amides is 1. The molecule has 0 aromatic carbocycles. The molecular weight excluding hydrogens is 338 g/mol. The average Bonchev–Trinajstić information content (AvgIpc) is 2.92. The maximum absolute atomic E-state index is 12.0. The molecule has 1 aromatic heterocycles. The Bertz CT molecular complexity index is 599. The summed E-state index contributed by atoms with van der Waals surface area (Å²) in [7, 11) is 0. The molecule has 7 nitrogen and oxygen atoms in total. The van der Waals surface area contributed by atoms with Crippen molar-refractivity contribution in [3.05, 3.63) is 10.2 Å². The minimum absolute atomic E-state index is 0.0454. The number of halogens is 1. The summed E-state index contributed by atoms with van der Waals surface area (Å²) in [4.78, 5) is 13.7. The summed E-state index contributed by atoms with van der Waals surface area (Å²) >= 11 is 3.22. The van der Waals surface area contributed by atoms with E-state index in [2.05, 4.69) is 21.0 Å². The highest BCUT2D eigenvalue weighted by Crippen LogP contribution is 2.29. The molecule has 1 amide bonds. The van der Waals surface area contributed by atoms with Crippen molar-refractivity contribution in [2.75, 3.05) is 18.8 Å². The fraction of sp³-hybridized carbons (Fsp3) is 0.615. The van der Waals surface area contributed by atoms with Crippen molar-refractivity contribution in [2.24, 2.45) is 0 Å². The van der Waals surface area contributed by atoms with E-state index in [-0.39, 0.29) is 12.1 Å². The molecule has 0 aliphatic carbocycles. The molecule has 1 saturated heterocycles. The third-order valence-corrected chi connectivity index (χ3v) is 3.73. The van der Waals surface area contributed by atoms with Crippen LogP contribution in [0.1, 0.15) is 38.8 Å². The Kier molecular flexibility index (Phi) is 4.14. The summed E-state index contributed by atoms with van der Waals surface area (Å²) in [5, 5.41) is 13.3. The zero-order valence-electron chi connectivity index (χ0n) is 12.3. The van der Waals surface area contributed by atoms with Crippen LogP contribution in [0.5, 0.6) is 0 Å². The molecule has 2 heterocycles. The lowest BCUT2D eigenvalue weighted by Crippen LogP contribution is -2.35. The van der Waals surface area contributed by atoms with Crippen molar-refractivity contribution < 1.29 is 9.53 Å². The van der Waals surface area contributed by atoms with Crippen LogP contribution in [0.25, 0.3) is 0 Å². The summed E-state index contributed by atoms with van der Waals surface area (Å²) in [6, 6.07) is 1.97. The van der Waals surface area contributed by atoms with Crippen LogP contribution >= 0.6 is 15.9 Å². The predicted molar refractivity (Wildman–Crippen MR) is 80.5 cm³/mol. The van der Waals surface area contributed by atoms with Gasteiger partial charge in [0, 0.05) is 13.1 Å². The second kappa shape index (κ2) is 5.56. The lowest BCUT2D eigenvalue weighted by atomic mass is 10.2. The highest BCUT2D eigenvalue weighted by atomic mass is 79.9. The molecular formula is C13H18BrN5O2. The second-order valence-corrected chi connectivity index (χ2v) is 6.73. The van der Waals surface area contributed by atoms with Gasteiger partial charge in [-0.1, -0.05) is 0 Å². The number of carbonyl (C=O) groups is 1. The van der Waals surface area contributed by atoms with E-state index in [0.717, 1.165) is 6.42 Å². The number of likely N-dealkylation sites (tertiary alicyclic amines) is 1. The van der Waals surface area contributed by atoms with Crippen molar-refractivity contribution in [2.45, 2.75) is 38.8 Å². The molecule has 0 bridgehead atoms. The van der Waals surface area contributed by atoms with E-state index in [1.54, 1.807) is 9.58 Å². The van der Waals surface area contributed by atoms with E-state index in [9.17, 15) is 4.79 Å². The molecule has 1 fully saturated rings. The number of nitrogen functional groups attached to an aromatic ring is 1. The predicted octanol–water partition coefficient (Wildman–Crippen LogP) is 2.28. The lowest BCUT2D eigenvalue weighted by molar-refractivity contribution is 0.0288. The lowest BCUT2D eigenvalue weighted by Gasteiger charge is -2.24. The number of ether oxygens (including phenoxy) is 1. The van der Waals surface area contributed by atoms with Gasteiger partial charge in [0.2, 0.25) is 0 Å². The van der Waals surface area contributed by atoms with Crippen LogP contribution < -0.4 is 5.73 Å². The van der Waals surface area contributed by atoms with Crippen LogP contribution in [0.15, 0.2) is 4.60 Å². The summed E-state index contributed by atoms with van der Waals surface area (Å²) in [6.07, 6.45) is 0.387. The fourth-order valence-electron chi connectivity index (χ4n) is 2.23. The molecule has 21 heavy (non-hydrogen) atoms. The number of nitriles is 1. The van der Waals surface area contributed by atoms with E-state index in [0.29, 0.717) is 29.1 Å². The first-order valence-electron chi connectivity index (χ1n) is 6.64. The van der Waals surface area contributed by atoms with Gasteiger partial charge in [0.05, 0.1) is 6.04 Å². The molecule has 1 aliphatic heterocycles. The van der Waals surface area contributed by atoms with Crippen molar-refractivity contribution in [3.8, 4) is 6.07 Å². The maximum atomic E-state index is 12.0. The molecule has 0 spiro atoms. The topological polar surface area (TPSA) is 97.2 Å². The van der Waals surface area contributed by atoms with Crippen molar-refractivity contribution in [1.82, 2.24) is 14.7 Å². The van der Waals surface area contributed by atoms with Gasteiger partial charge in [-0.25, -0.2) is 9.48 Å². The van der Waals surface area contributed by atoms with Gasteiger partial charge in [0.15, 0.2) is 0 Å². The van der Waals surface area contributed by atoms with Crippen molar-refractivity contribution in [3.63, 3.8) is 0 Å². The van der Waals surface area contributed by atoms with E-state index >= 15 is 0 Å². The van der Waals surface area contributed by atoms with Crippen LogP contribution in [0.4, 0.5) is 10.6 Å². The molecule has 0 radical (unpaired) electrons.